The van der Waals surface area contributed by atoms with Gasteiger partial charge in [0.15, 0.2) is 0 Å². The third-order valence-electron chi connectivity index (χ3n) is 3.55. The van der Waals surface area contributed by atoms with Crippen LogP contribution in [0.3, 0.4) is 0 Å². The lowest BCUT2D eigenvalue weighted by Gasteiger charge is -2.22. The highest BCUT2D eigenvalue weighted by Gasteiger charge is 2.18. The van der Waals surface area contributed by atoms with Gasteiger partial charge in [0.2, 0.25) is 0 Å². The van der Waals surface area contributed by atoms with Crippen LogP contribution in [-0.2, 0) is 4.79 Å². The van der Waals surface area contributed by atoms with Crippen molar-refractivity contribution in [3.05, 3.63) is 41.9 Å². The highest BCUT2D eigenvalue weighted by molar-refractivity contribution is 5.97. The number of amides is 1. The molecule has 0 radical (unpaired) electrons. The second-order valence-electron chi connectivity index (χ2n) is 5.10. The van der Waals surface area contributed by atoms with Crippen molar-refractivity contribution in [3.63, 3.8) is 0 Å². The van der Waals surface area contributed by atoms with Crippen LogP contribution in [-0.4, -0.2) is 11.9 Å². The monoisotopic (exact) mass is 287 g/mol. The highest BCUT2D eigenvalue weighted by Crippen LogP contribution is 2.18. The zero-order chi connectivity index (χ0) is 15.1. The fourth-order valence-electron chi connectivity index (χ4n) is 2.39. The summed E-state index contributed by atoms with van der Waals surface area (Å²) in [6.07, 6.45) is 6.54. The van der Waals surface area contributed by atoms with Gasteiger partial charge in [0.25, 0.3) is 5.91 Å². The van der Waals surface area contributed by atoms with Crippen molar-refractivity contribution in [2.45, 2.75) is 38.1 Å². The molecule has 1 fully saturated rings. The average molecular weight is 287 g/mol. The van der Waals surface area contributed by atoms with Crippen LogP contribution in [0, 0.1) is 17.1 Å². The largest absolute Gasteiger partial charge is 0.358 e. The minimum Gasteiger partial charge on any atom is -0.358 e. The summed E-state index contributed by atoms with van der Waals surface area (Å²) in [5.74, 6) is -0.841. The van der Waals surface area contributed by atoms with E-state index in [4.69, 9.17) is 5.26 Å². The molecule has 0 aliphatic heterocycles. The van der Waals surface area contributed by atoms with E-state index >= 15 is 0 Å². The number of para-hydroxylation sites is 1. The van der Waals surface area contributed by atoms with Gasteiger partial charge in [-0.15, -0.1) is 0 Å². The number of nitrogens with one attached hydrogen (secondary N) is 2. The zero-order valence-corrected chi connectivity index (χ0v) is 11.7. The summed E-state index contributed by atoms with van der Waals surface area (Å²) >= 11 is 0. The minimum atomic E-state index is -0.432. The van der Waals surface area contributed by atoms with Gasteiger partial charge in [-0.3, -0.25) is 4.79 Å². The van der Waals surface area contributed by atoms with Crippen molar-refractivity contribution >= 4 is 11.6 Å². The van der Waals surface area contributed by atoms with Crippen molar-refractivity contribution in [2.24, 2.45) is 0 Å². The summed E-state index contributed by atoms with van der Waals surface area (Å²) in [6.45, 7) is 0. The van der Waals surface area contributed by atoms with Crippen molar-refractivity contribution in [1.29, 1.82) is 5.26 Å². The summed E-state index contributed by atoms with van der Waals surface area (Å²) in [4.78, 5) is 12.0. The Morgan fingerprint density at radius 1 is 1.29 bits per heavy atom. The molecule has 1 saturated carbocycles. The molecule has 0 bridgehead atoms. The molecule has 0 aromatic heterocycles. The third-order valence-corrected chi connectivity index (χ3v) is 3.55. The van der Waals surface area contributed by atoms with E-state index in [9.17, 15) is 9.18 Å². The number of carbonyl (C=O) groups is 1. The number of benzene rings is 1. The van der Waals surface area contributed by atoms with Crippen LogP contribution in [0.25, 0.3) is 0 Å². The Morgan fingerprint density at radius 2 is 2.00 bits per heavy atom. The second-order valence-corrected chi connectivity index (χ2v) is 5.10. The van der Waals surface area contributed by atoms with Crippen LogP contribution in [0.1, 0.15) is 32.1 Å². The maximum Gasteiger partial charge on any atom is 0.263 e. The van der Waals surface area contributed by atoms with Crippen LogP contribution in [0.2, 0.25) is 0 Å². The molecule has 110 valence electrons. The Balaban J connectivity index is 1.98. The summed E-state index contributed by atoms with van der Waals surface area (Å²) in [5, 5.41) is 14.6. The van der Waals surface area contributed by atoms with Crippen LogP contribution < -0.4 is 10.6 Å². The van der Waals surface area contributed by atoms with Gasteiger partial charge in [-0.25, -0.2) is 4.39 Å². The van der Waals surface area contributed by atoms with Gasteiger partial charge in [-0.05, 0) is 25.0 Å². The summed E-state index contributed by atoms with van der Waals surface area (Å²) in [5.41, 5.74) is 0.180. The lowest BCUT2D eigenvalue weighted by Crippen LogP contribution is -2.37. The van der Waals surface area contributed by atoms with E-state index in [1.54, 1.807) is 18.2 Å². The van der Waals surface area contributed by atoms with Crippen LogP contribution in [0.5, 0.6) is 0 Å². The molecule has 1 aliphatic rings. The van der Waals surface area contributed by atoms with Crippen molar-refractivity contribution in [2.75, 3.05) is 5.32 Å². The quantitative estimate of drug-likeness (QED) is 0.660. The first-order valence-electron chi connectivity index (χ1n) is 7.13. The number of halogens is 1. The number of carbonyl (C=O) groups excluding carboxylic acids is 1. The van der Waals surface area contributed by atoms with E-state index < -0.39 is 11.7 Å². The summed E-state index contributed by atoms with van der Waals surface area (Å²) in [7, 11) is 0. The number of anilines is 1. The smallest absolute Gasteiger partial charge is 0.263 e. The van der Waals surface area contributed by atoms with E-state index in [2.05, 4.69) is 10.6 Å². The minimum absolute atomic E-state index is 0.0520. The van der Waals surface area contributed by atoms with Crippen LogP contribution >= 0.6 is 0 Å². The molecule has 0 heterocycles. The normalized spacial score (nSPS) is 16.1. The molecule has 0 atom stereocenters. The fourth-order valence-corrected chi connectivity index (χ4v) is 2.39. The van der Waals surface area contributed by atoms with Crippen LogP contribution in [0.4, 0.5) is 10.1 Å². The SMILES string of the molecule is N#C/C(=C/Nc1ccccc1F)C(=O)NC1CCCCC1. The summed E-state index contributed by atoms with van der Waals surface area (Å²) in [6, 6.07) is 8.08. The average Bonchev–Trinajstić information content (AvgIpc) is 2.50. The van der Waals surface area contributed by atoms with Crippen molar-refractivity contribution in [3.8, 4) is 6.07 Å². The topological polar surface area (TPSA) is 64.9 Å². The molecule has 4 nitrogen and oxygen atoms in total. The van der Waals surface area contributed by atoms with Gasteiger partial charge in [0.05, 0.1) is 5.69 Å². The molecular formula is C16H18FN3O. The number of hydrogen-bond acceptors (Lipinski definition) is 3. The molecule has 0 spiro atoms. The Labute approximate surface area is 123 Å². The highest BCUT2D eigenvalue weighted by atomic mass is 19.1. The van der Waals surface area contributed by atoms with Crippen molar-refractivity contribution in [1.82, 2.24) is 5.32 Å². The molecule has 1 amide bonds. The number of hydrogen-bond donors (Lipinski definition) is 2. The first-order valence-corrected chi connectivity index (χ1v) is 7.13. The van der Waals surface area contributed by atoms with Gasteiger partial charge in [-0.2, -0.15) is 5.26 Å². The lowest BCUT2D eigenvalue weighted by molar-refractivity contribution is -0.118. The first-order chi connectivity index (χ1) is 10.2. The predicted molar refractivity (Wildman–Crippen MR) is 78.7 cm³/mol. The molecule has 0 unspecified atom stereocenters. The van der Waals surface area contributed by atoms with Gasteiger partial charge in [0.1, 0.15) is 17.5 Å². The van der Waals surface area contributed by atoms with E-state index in [-0.39, 0.29) is 17.3 Å². The lowest BCUT2D eigenvalue weighted by atomic mass is 9.95. The second kappa shape index (κ2) is 7.44. The maximum atomic E-state index is 13.4. The van der Waals surface area contributed by atoms with Gasteiger partial charge < -0.3 is 10.6 Å². The molecule has 1 aromatic rings. The van der Waals surface area contributed by atoms with Crippen LogP contribution in [0.15, 0.2) is 36.0 Å². The molecule has 1 aromatic carbocycles. The first kappa shape index (κ1) is 15.0. The third kappa shape index (κ3) is 4.32. The van der Waals surface area contributed by atoms with Gasteiger partial charge >= 0.3 is 0 Å². The predicted octanol–water partition coefficient (Wildman–Crippen LogP) is 3.09. The zero-order valence-electron chi connectivity index (χ0n) is 11.7. The Hall–Kier alpha value is -2.35. The number of nitriles is 1. The van der Waals surface area contributed by atoms with E-state index in [0.717, 1.165) is 25.7 Å². The molecule has 5 heteroatoms. The standard InChI is InChI=1S/C16H18FN3O/c17-14-8-4-5-9-15(14)19-11-12(10-18)16(21)20-13-6-2-1-3-7-13/h4-5,8-9,11,13,19H,1-3,6-7H2,(H,20,21)/b12-11-. The van der Waals surface area contributed by atoms with E-state index in [1.807, 2.05) is 6.07 Å². The molecule has 1 aliphatic carbocycles. The molecule has 2 N–H and O–H groups in total. The maximum absolute atomic E-state index is 13.4. The summed E-state index contributed by atoms with van der Waals surface area (Å²) < 4.78 is 13.4. The van der Waals surface area contributed by atoms with E-state index in [0.29, 0.717) is 0 Å². The molecular weight excluding hydrogens is 269 g/mol. The molecule has 0 saturated heterocycles. The Bertz CT molecular complexity index is 571. The number of nitrogens with zero attached hydrogens (tertiary/aromatic N) is 1. The van der Waals surface area contributed by atoms with Crippen molar-refractivity contribution < 1.29 is 9.18 Å². The fraction of sp³-hybridized carbons (Fsp3) is 0.375. The van der Waals surface area contributed by atoms with E-state index in [1.165, 1.54) is 18.7 Å². The molecule has 21 heavy (non-hydrogen) atoms. The Morgan fingerprint density at radius 3 is 2.67 bits per heavy atom. The number of rotatable bonds is 4. The molecule has 2 rings (SSSR count). The van der Waals surface area contributed by atoms with Gasteiger partial charge in [0, 0.05) is 12.2 Å². The Kier molecular flexibility index (Phi) is 5.33. The van der Waals surface area contributed by atoms with Gasteiger partial charge in [-0.1, -0.05) is 31.4 Å².